The van der Waals surface area contributed by atoms with Crippen LogP contribution in [0, 0.1) is 6.92 Å². The minimum atomic E-state index is -5.99. The maximum absolute atomic E-state index is 12.5. The smallest absolute Gasteiger partial charge is 0.324 e. The van der Waals surface area contributed by atoms with Gasteiger partial charge in [-0.05, 0) is 18.6 Å². The largest absolute Gasteiger partial charge is 0.425 e. The van der Waals surface area contributed by atoms with Crippen LogP contribution in [-0.2, 0) is 4.79 Å². The van der Waals surface area contributed by atoms with Gasteiger partial charge < -0.3 is 5.32 Å². The molecule has 0 saturated carbocycles. The fraction of sp³-hybridized carbons (Fsp3) is 0.364. The molecule has 0 radical (unpaired) electrons. The van der Waals surface area contributed by atoms with Crippen molar-refractivity contribution in [2.75, 3.05) is 5.32 Å². The maximum atomic E-state index is 12.5. The van der Waals surface area contributed by atoms with Crippen molar-refractivity contribution in [2.24, 2.45) is 0 Å². The number of hydrogen-bond donors (Lipinski definition) is 1. The number of halogens is 7. The number of para-hydroxylation sites is 1. The van der Waals surface area contributed by atoms with Crippen molar-refractivity contribution in [3.05, 3.63) is 29.8 Å². The first-order chi connectivity index (χ1) is 8.91. The molecular formula is C11H8ClF6NO. The Labute approximate surface area is 114 Å². The van der Waals surface area contributed by atoms with Crippen molar-refractivity contribution in [3.8, 4) is 0 Å². The number of carbonyl (C=O) groups excluding carboxylic acids is 1. The number of aryl methyl sites for hydroxylation is 1. The third-order valence-corrected chi connectivity index (χ3v) is 3.09. The monoisotopic (exact) mass is 319 g/mol. The molecule has 1 amide bonds. The Balaban J connectivity index is 3.19. The second kappa shape index (κ2) is 5.16. The van der Waals surface area contributed by atoms with Gasteiger partial charge in [-0.1, -0.05) is 29.8 Å². The van der Waals surface area contributed by atoms with E-state index in [1.165, 1.54) is 25.1 Å². The number of benzene rings is 1. The lowest BCUT2D eigenvalue weighted by Crippen LogP contribution is -2.60. The van der Waals surface area contributed by atoms with Gasteiger partial charge in [0.05, 0.1) is 0 Å². The first-order valence-electron chi connectivity index (χ1n) is 5.10. The SMILES string of the molecule is Cc1ccccc1NC(=O)C(Cl)(C(F)(F)F)C(F)(F)F. The Morgan fingerprint density at radius 1 is 1.05 bits per heavy atom. The van der Waals surface area contributed by atoms with E-state index in [-0.39, 0.29) is 5.69 Å². The van der Waals surface area contributed by atoms with Gasteiger partial charge in [-0.2, -0.15) is 26.3 Å². The molecule has 0 unspecified atom stereocenters. The van der Waals surface area contributed by atoms with Gasteiger partial charge in [0.15, 0.2) is 0 Å². The van der Waals surface area contributed by atoms with Crippen LogP contribution >= 0.6 is 11.6 Å². The molecule has 0 aliphatic heterocycles. The number of rotatable bonds is 2. The molecule has 0 spiro atoms. The van der Waals surface area contributed by atoms with Gasteiger partial charge in [-0.3, -0.25) is 4.79 Å². The molecule has 1 aromatic carbocycles. The summed E-state index contributed by atoms with van der Waals surface area (Å²) >= 11 is 4.58. The van der Waals surface area contributed by atoms with Gasteiger partial charge in [-0.25, -0.2) is 0 Å². The molecule has 0 aliphatic carbocycles. The number of amides is 1. The summed E-state index contributed by atoms with van der Waals surface area (Å²) in [6.07, 6.45) is -12.0. The zero-order valence-electron chi connectivity index (χ0n) is 9.86. The number of hydrogen-bond acceptors (Lipinski definition) is 1. The van der Waals surface area contributed by atoms with E-state index in [4.69, 9.17) is 0 Å². The molecule has 112 valence electrons. The van der Waals surface area contributed by atoms with Crippen LogP contribution in [0.2, 0.25) is 0 Å². The highest BCUT2D eigenvalue weighted by atomic mass is 35.5. The van der Waals surface area contributed by atoms with Crippen LogP contribution < -0.4 is 5.32 Å². The average Bonchev–Trinajstić information content (AvgIpc) is 2.28. The summed E-state index contributed by atoms with van der Waals surface area (Å²) in [5.41, 5.74) is 0.111. The molecule has 20 heavy (non-hydrogen) atoms. The van der Waals surface area contributed by atoms with Crippen LogP contribution in [-0.4, -0.2) is 23.1 Å². The molecule has 0 aromatic heterocycles. The molecular weight excluding hydrogens is 312 g/mol. The number of anilines is 1. The third kappa shape index (κ3) is 2.84. The second-order valence-electron chi connectivity index (χ2n) is 3.92. The van der Waals surface area contributed by atoms with E-state index in [1.807, 2.05) is 0 Å². The predicted octanol–water partition coefficient (Wildman–Crippen LogP) is 4.04. The van der Waals surface area contributed by atoms with Gasteiger partial charge in [0.25, 0.3) is 5.91 Å². The van der Waals surface area contributed by atoms with Gasteiger partial charge in [-0.15, -0.1) is 0 Å². The zero-order valence-corrected chi connectivity index (χ0v) is 10.6. The Bertz CT molecular complexity index is 496. The fourth-order valence-corrected chi connectivity index (χ4v) is 1.39. The van der Waals surface area contributed by atoms with Gasteiger partial charge in [0, 0.05) is 5.69 Å². The molecule has 0 atom stereocenters. The summed E-state index contributed by atoms with van der Waals surface area (Å²) in [6, 6.07) is 5.43. The molecule has 2 nitrogen and oxygen atoms in total. The Morgan fingerprint density at radius 2 is 1.50 bits per heavy atom. The minimum Gasteiger partial charge on any atom is -0.324 e. The van der Waals surface area contributed by atoms with Crippen LogP contribution in [0.15, 0.2) is 24.3 Å². The molecule has 1 N–H and O–H groups in total. The highest BCUT2D eigenvalue weighted by Crippen LogP contribution is 2.48. The van der Waals surface area contributed by atoms with Crippen molar-refractivity contribution >= 4 is 23.2 Å². The Morgan fingerprint density at radius 3 is 1.90 bits per heavy atom. The predicted molar refractivity (Wildman–Crippen MR) is 60.5 cm³/mol. The molecule has 0 saturated heterocycles. The topological polar surface area (TPSA) is 29.1 Å². The lowest BCUT2D eigenvalue weighted by molar-refractivity contribution is -0.258. The number of carbonyl (C=O) groups is 1. The quantitative estimate of drug-likeness (QED) is 0.647. The summed E-state index contributed by atoms with van der Waals surface area (Å²) in [5.74, 6) is -2.39. The second-order valence-corrected chi connectivity index (χ2v) is 4.49. The maximum Gasteiger partial charge on any atom is 0.425 e. The summed E-state index contributed by atoms with van der Waals surface area (Å²) in [6.45, 7) is 1.41. The van der Waals surface area contributed by atoms with Crippen LogP contribution in [0.1, 0.15) is 5.56 Å². The summed E-state index contributed by atoms with van der Waals surface area (Å²) in [5, 5.41) is 1.55. The van der Waals surface area contributed by atoms with E-state index in [0.29, 0.717) is 5.56 Å². The number of alkyl halides is 7. The first kappa shape index (κ1) is 16.6. The summed E-state index contributed by atoms with van der Waals surface area (Å²) in [7, 11) is 0. The van der Waals surface area contributed by atoms with Crippen molar-refractivity contribution in [3.63, 3.8) is 0 Å². The van der Waals surface area contributed by atoms with Crippen molar-refractivity contribution in [2.45, 2.75) is 24.2 Å². The van der Waals surface area contributed by atoms with Crippen LogP contribution in [0.25, 0.3) is 0 Å². The zero-order chi connectivity index (χ0) is 15.8. The standard InChI is InChI=1S/C11H8ClF6NO/c1-6-4-2-3-5-7(6)19-8(20)9(12,10(13,14)15)11(16,17)18/h2-5H,1H3,(H,19,20). The average molecular weight is 320 g/mol. The van der Waals surface area contributed by atoms with Gasteiger partial charge in [0.2, 0.25) is 0 Å². The van der Waals surface area contributed by atoms with E-state index in [0.717, 1.165) is 6.07 Å². The van der Waals surface area contributed by atoms with Crippen molar-refractivity contribution < 1.29 is 31.1 Å². The van der Waals surface area contributed by atoms with Crippen LogP contribution in [0.3, 0.4) is 0 Å². The van der Waals surface area contributed by atoms with E-state index < -0.39 is 23.1 Å². The highest BCUT2D eigenvalue weighted by molar-refractivity contribution is 6.38. The van der Waals surface area contributed by atoms with Crippen LogP contribution in [0.5, 0.6) is 0 Å². The van der Waals surface area contributed by atoms with Crippen molar-refractivity contribution in [1.29, 1.82) is 0 Å². The van der Waals surface area contributed by atoms with E-state index in [1.54, 1.807) is 5.32 Å². The van der Waals surface area contributed by atoms with Crippen molar-refractivity contribution in [1.82, 2.24) is 0 Å². The van der Waals surface area contributed by atoms with Crippen LogP contribution in [0.4, 0.5) is 32.0 Å². The Hall–Kier alpha value is -1.44. The molecule has 1 rings (SSSR count). The van der Waals surface area contributed by atoms with Gasteiger partial charge >= 0.3 is 17.2 Å². The van der Waals surface area contributed by atoms with Gasteiger partial charge in [0.1, 0.15) is 0 Å². The lowest BCUT2D eigenvalue weighted by Gasteiger charge is -2.30. The lowest BCUT2D eigenvalue weighted by atomic mass is 10.1. The third-order valence-electron chi connectivity index (χ3n) is 2.49. The molecule has 9 heteroatoms. The normalized spacial score (nSPS) is 13.2. The molecule has 0 aliphatic rings. The first-order valence-corrected chi connectivity index (χ1v) is 5.48. The fourth-order valence-electron chi connectivity index (χ4n) is 1.34. The molecule has 0 heterocycles. The highest BCUT2D eigenvalue weighted by Gasteiger charge is 2.75. The summed E-state index contributed by atoms with van der Waals surface area (Å²) < 4.78 is 75.2. The van der Waals surface area contributed by atoms with E-state index in [2.05, 4.69) is 11.6 Å². The minimum absolute atomic E-state index is 0.184. The Kier molecular flexibility index (Phi) is 4.28. The van der Waals surface area contributed by atoms with E-state index in [9.17, 15) is 31.1 Å². The van der Waals surface area contributed by atoms with E-state index >= 15 is 0 Å². The number of nitrogens with one attached hydrogen (secondary N) is 1. The summed E-state index contributed by atoms with van der Waals surface area (Å²) in [4.78, 5) is 6.40. The molecule has 0 bridgehead atoms. The molecule has 1 aromatic rings. The molecule has 0 fully saturated rings.